The molecule has 0 aliphatic carbocycles. The summed E-state index contributed by atoms with van der Waals surface area (Å²) < 4.78 is 11.2. The number of ether oxygens (including phenoxy) is 2. The molecule has 8 nitrogen and oxygen atoms in total. The number of hydrogen-bond donors (Lipinski definition) is 2. The Bertz CT molecular complexity index is 1180. The van der Waals surface area contributed by atoms with Crippen LogP contribution in [0.5, 0.6) is 5.75 Å². The van der Waals surface area contributed by atoms with Crippen LogP contribution in [0, 0.1) is 11.3 Å². The number of aliphatic carboxylic acids is 1. The summed E-state index contributed by atoms with van der Waals surface area (Å²) in [7, 11) is 1.69. The monoisotopic (exact) mass is 535 g/mol. The maximum absolute atomic E-state index is 13.8. The van der Waals surface area contributed by atoms with E-state index in [0.29, 0.717) is 30.3 Å². The summed E-state index contributed by atoms with van der Waals surface area (Å²) >= 11 is 0. The molecule has 2 saturated heterocycles. The average Bonchev–Trinajstić information content (AvgIpc) is 3.54. The first kappa shape index (κ1) is 28.6. The molecule has 2 unspecified atom stereocenters. The van der Waals surface area contributed by atoms with Crippen molar-refractivity contribution in [2.75, 3.05) is 51.4 Å². The van der Waals surface area contributed by atoms with Crippen LogP contribution in [0.25, 0.3) is 0 Å². The van der Waals surface area contributed by atoms with Gasteiger partial charge in [0, 0.05) is 50.4 Å². The van der Waals surface area contributed by atoms with Crippen LogP contribution in [0.4, 0.5) is 5.69 Å². The summed E-state index contributed by atoms with van der Waals surface area (Å²) in [5.41, 5.74) is 2.87. The standard InChI is InChI=1S/C31H41N3O5/c1-31(2,3)24-16-23(17-25(33-13-8-9-14-33)29(24)39-20-27(36)37)26(35)19-34-18-22(12-15-38-4)28(30(34)32)21-10-6-5-7-11-21/h5-7,10-11,16-17,22,28,32H,8-9,12-15,18-20H2,1-4H3,(H,36,37). The van der Waals surface area contributed by atoms with E-state index in [9.17, 15) is 14.7 Å². The van der Waals surface area contributed by atoms with E-state index >= 15 is 0 Å². The SMILES string of the molecule is COCCC1CN(CC(=O)c2cc(N3CCCC3)c(OCC(=O)O)c(C(C)(C)C)c2)C(=N)C1c1ccccc1. The van der Waals surface area contributed by atoms with Crippen molar-refractivity contribution < 1.29 is 24.2 Å². The second kappa shape index (κ2) is 12.2. The van der Waals surface area contributed by atoms with Gasteiger partial charge < -0.3 is 24.4 Å². The van der Waals surface area contributed by atoms with E-state index in [-0.39, 0.29) is 29.6 Å². The largest absolute Gasteiger partial charge is 0.479 e. The number of rotatable bonds is 11. The molecule has 39 heavy (non-hydrogen) atoms. The maximum Gasteiger partial charge on any atom is 0.341 e. The van der Waals surface area contributed by atoms with Crippen molar-refractivity contribution in [2.24, 2.45) is 5.92 Å². The number of methoxy groups -OCH3 is 1. The zero-order valence-corrected chi connectivity index (χ0v) is 23.5. The Balaban J connectivity index is 1.65. The van der Waals surface area contributed by atoms with Crippen molar-refractivity contribution >= 4 is 23.3 Å². The van der Waals surface area contributed by atoms with E-state index in [4.69, 9.17) is 14.9 Å². The van der Waals surface area contributed by atoms with Gasteiger partial charge in [0.2, 0.25) is 0 Å². The fraction of sp³-hybridized carbons (Fsp3) is 0.516. The van der Waals surface area contributed by atoms with Gasteiger partial charge in [0.1, 0.15) is 11.6 Å². The highest BCUT2D eigenvalue weighted by Gasteiger charge is 2.39. The van der Waals surface area contributed by atoms with Gasteiger partial charge >= 0.3 is 5.97 Å². The Kier molecular flexibility index (Phi) is 8.95. The summed E-state index contributed by atoms with van der Waals surface area (Å²) in [4.78, 5) is 29.3. The highest BCUT2D eigenvalue weighted by atomic mass is 16.5. The first-order chi connectivity index (χ1) is 18.6. The van der Waals surface area contributed by atoms with E-state index in [1.165, 1.54) is 0 Å². The number of carboxylic acid groups (broad SMARTS) is 1. The first-order valence-electron chi connectivity index (χ1n) is 13.8. The molecule has 0 spiro atoms. The normalized spacial score (nSPS) is 19.5. The van der Waals surface area contributed by atoms with Crippen LogP contribution in [0.2, 0.25) is 0 Å². The molecule has 2 N–H and O–H groups in total. The lowest BCUT2D eigenvalue weighted by Gasteiger charge is -2.29. The minimum atomic E-state index is -1.04. The molecule has 2 atom stereocenters. The number of hydrogen-bond acceptors (Lipinski definition) is 6. The number of Topliss-reactive ketones (excluding diaryl/α,β-unsaturated/α-hetero) is 1. The lowest BCUT2D eigenvalue weighted by Crippen LogP contribution is -2.32. The van der Waals surface area contributed by atoms with Crippen LogP contribution in [-0.2, 0) is 14.9 Å². The lowest BCUT2D eigenvalue weighted by atomic mass is 9.84. The second-order valence-electron chi connectivity index (χ2n) is 11.6. The molecule has 2 heterocycles. The molecule has 2 aromatic rings. The molecular weight excluding hydrogens is 494 g/mol. The van der Waals surface area contributed by atoms with Gasteiger partial charge in [-0.05, 0) is 48.3 Å². The number of nitrogens with one attached hydrogen (secondary N) is 1. The van der Waals surface area contributed by atoms with Crippen molar-refractivity contribution in [3.8, 4) is 5.75 Å². The molecule has 2 fully saturated rings. The molecule has 2 aliphatic heterocycles. The number of benzene rings is 2. The van der Waals surface area contributed by atoms with Gasteiger partial charge in [-0.2, -0.15) is 0 Å². The predicted octanol–water partition coefficient (Wildman–Crippen LogP) is 4.96. The molecule has 0 amide bonds. The Morgan fingerprint density at radius 2 is 1.79 bits per heavy atom. The summed E-state index contributed by atoms with van der Waals surface area (Å²) in [5.74, 6) is 0.0190. The number of anilines is 1. The molecule has 8 heteroatoms. The Morgan fingerprint density at radius 1 is 1.10 bits per heavy atom. The third-order valence-electron chi connectivity index (χ3n) is 7.73. The highest BCUT2D eigenvalue weighted by Crippen LogP contribution is 2.42. The van der Waals surface area contributed by atoms with E-state index in [0.717, 1.165) is 49.2 Å². The molecule has 0 radical (unpaired) electrons. The van der Waals surface area contributed by atoms with E-state index in [1.54, 1.807) is 7.11 Å². The Morgan fingerprint density at radius 3 is 2.41 bits per heavy atom. The van der Waals surface area contributed by atoms with E-state index in [1.807, 2.05) is 56.0 Å². The van der Waals surface area contributed by atoms with Crippen LogP contribution in [0.15, 0.2) is 42.5 Å². The molecule has 0 saturated carbocycles. The van der Waals surface area contributed by atoms with E-state index in [2.05, 4.69) is 17.0 Å². The Labute approximate surface area is 231 Å². The smallest absolute Gasteiger partial charge is 0.341 e. The minimum Gasteiger partial charge on any atom is -0.479 e. The summed E-state index contributed by atoms with van der Waals surface area (Å²) in [6.45, 7) is 8.70. The third kappa shape index (κ3) is 6.61. The molecule has 0 aromatic heterocycles. The van der Waals surface area contributed by atoms with Gasteiger partial charge in [0.05, 0.1) is 12.2 Å². The lowest BCUT2D eigenvalue weighted by molar-refractivity contribution is -0.139. The molecule has 2 aliphatic rings. The van der Waals surface area contributed by atoms with Crippen molar-refractivity contribution in [2.45, 2.75) is 51.4 Å². The third-order valence-corrected chi connectivity index (χ3v) is 7.73. The quantitative estimate of drug-likeness (QED) is 0.392. The van der Waals surface area contributed by atoms with Crippen molar-refractivity contribution in [1.82, 2.24) is 4.90 Å². The van der Waals surface area contributed by atoms with Crippen LogP contribution in [0.1, 0.15) is 67.4 Å². The van der Waals surface area contributed by atoms with Gasteiger partial charge in [0.15, 0.2) is 12.4 Å². The first-order valence-corrected chi connectivity index (χ1v) is 13.8. The van der Waals surface area contributed by atoms with Gasteiger partial charge in [0.25, 0.3) is 0 Å². The number of carbonyl (C=O) groups is 2. The molecular formula is C31H41N3O5. The van der Waals surface area contributed by atoms with Crippen LogP contribution in [-0.4, -0.2) is 74.1 Å². The molecule has 0 bridgehead atoms. The number of carbonyl (C=O) groups excluding carboxylic acids is 1. The summed E-state index contributed by atoms with van der Waals surface area (Å²) in [6.07, 6.45) is 2.89. The van der Waals surface area contributed by atoms with Crippen molar-refractivity contribution in [3.63, 3.8) is 0 Å². The highest BCUT2D eigenvalue weighted by molar-refractivity contribution is 6.02. The number of carboxylic acids is 1. The number of likely N-dealkylation sites (tertiary alicyclic amines) is 1. The topological polar surface area (TPSA) is 103 Å². The predicted molar refractivity (Wildman–Crippen MR) is 153 cm³/mol. The van der Waals surface area contributed by atoms with Crippen molar-refractivity contribution in [3.05, 3.63) is 59.2 Å². The number of amidine groups is 1. The fourth-order valence-electron chi connectivity index (χ4n) is 5.75. The van der Waals surface area contributed by atoms with Crippen LogP contribution >= 0.6 is 0 Å². The maximum atomic E-state index is 13.8. The van der Waals surface area contributed by atoms with E-state index < -0.39 is 12.6 Å². The average molecular weight is 536 g/mol. The zero-order chi connectivity index (χ0) is 28.2. The van der Waals surface area contributed by atoms with Crippen molar-refractivity contribution in [1.29, 1.82) is 5.41 Å². The Hall–Kier alpha value is -3.39. The second-order valence-corrected chi connectivity index (χ2v) is 11.6. The zero-order valence-electron chi connectivity index (χ0n) is 23.5. The number of nitrogens with zero attached hydrogens (tertiary/aromatic N) is 2. The van der Waals surface area contributed by atoms with Crippen LogP contribution < -0.4 is 9.64 Å². The minimum absolute atomic E-state index is 0.0605. The molecule has 210 valence electrons. The van der Waals surface area contributed by atoms with Gasteiger partial charge in [-0.15, -0.1) is 0 Å². The van der Waals surface area contributed by atoms with Gasteiger partial charge in [-0.3, -0.25) is 10.2 Å². The summed E-state index contributed by atoms with van der Waals surface area (Å²) in [5, 5.41) is 18.3. The molecule has 4 rings (SSSR count). The fourth-order valence-corrected chi connectivity index (χ4v) is 5.75. The number of ketones is 1. The summed E-state index contributed by atoms with van der Waals surface area (Å²) in [6, 6.07) is 13.8. The van der Waals surface area contributed by atoms with Gasteiger partial charge in [-0.1, -0.05) is 51.1 Å². The molecule has 2 aromatic carbocycles. The van der Waals surface area contributed by atoms with Crippen LogP contribution in [0.3, 0.4) is 0 Å². The van der Waals surface area contributed by atoms with Gasteiger partial charge in [-0.25, -0.2) is 4.79 Å².